The Hall–Kier alpha value is -0.823. The lowest BCUT2D eigenvalue weighted by Crippen LogP contribution is -2.50. The molecule has 1 aliphatic carbocycles. The third-order valence-electron chi connectivity index (χ3n) is 5.28. The number of hydrogen-bond donors (Lipinski definition) is 0. The van der Waals surface area contributed by atoms with Crippen LogP contribution in [0.15, 0.2) is 12.5 Å². The van der Waals surface area contributed by atoms with Gasteiger partial charge in [0.1, 0.15) is 18.5 Å². The van der Waals surface area contributed by atoms with Crippen LogP contribution in [0.25, 0.3) is 0 Å². The molecular weight excluding hydrogens is 308 g/mol. The molecule has 2 aliphatic rings. The van der Waals surface area contributed by atoms with Crippen molar-refractivity contribution in [3.8, 4) is 0 Å². The number of rotatable bonds is 2. The van der Waals surface area contributed by atoms with E-state index in [2.05, 4.69) is 43.8 Å². The standard InChI is InChI=1S/C17H28N2O3Si/c1-16(2,3)23(6,7)22-13-8-12-11(9-18-10-19-12)14-15(13)21-17(4,5)20-14/h9-10,13-15H,8H2,1-7H3/t13-,14-,15+/m1/s1. The van der Waals surface area contributed by atoms with Gasteiger partial charge in [0, 0.05) is 18.2 Å². The van der Waals surface area contributed by atoms with E-state index in [-0.39, 0.29) is 23.4 Å². The summed E-state index contributed by atoms with van der Waals surface area (Å²) >= 11 is 0. The highest BCUT2D eigenvalue weighted by Crippen LogP contribution is 2.47. The van der Waals surface area contributed by atoms with E-state index >= 15 is 0 Å². The minimum atomic E-state index is -1.90. The van der Waals surface area contributed by atoms with Crippen LogP contribution in [0.2, 0.25) is 18.1 Å². The van der Waals surface area contributed by atoms with Crippen LogP contribution < -0.4 is 0 Å². The van der Waals surface area contributed by atoms with Crippen LogP contribution in [-0.2, 0) is 20.3 Å². The quantitative estimate of drug-likeness (QED) is 0.772. The molecule has 0 spiro atoms. The van der Waals surface area contributed by atoms with Crippen molar-refractivity contribution in [3.63, 3.8) is 0 Å². The van der Waals surface area contributed by atoms with Crippen molar-refractivity contribution >= 4 is 8.32 Å². The summed E-state index contributed by atoms with van der Waals surface area (Å²) in [6.07, 6.45) is 3.94. The number of hydrogen-bond acceptors (Lipinski definition) is 5. The van der Waals surface area contributed by atoms with E-state index in [1.165, 1.54) is 0 Å². The van der Waals surface area contributed by atoms with Crippen LogP contribution in [0.1, 0.15) is 52.0 Å². The number of aromatic nitrogens is 2. The molecule has 3 rings (SSSR count). The van der Waals surface area contributed by atoms with Gasteiger partial charge >= 0.3 is 0 Å². The molecular formula is C17H28N2O3Si. The van der Waals surface area contributed by atoms with Gasteiger partial charge in [-0.2, -0.15) is 0 Å². The van der Waals surface area contributed by atoms with Gasteiger partial charge in [0.05, 0.1) is 11.8 Å². The molecule has 23 heavy (non-hydrogen) atoms. The highest BCUT2D eigenvalue weighted by molar-refractivity contribution is 6.74. The minimum Gasteiger partial charge on any atom is -0.411 e. The summed E-state index contributed by atoms with van der Waals surface area (Å²) in [6.45, 7) is 15.2. The second-order valence-electron chi connectivity index (χ2n) is 8.57. The molecule has 0 unspecified atom stereocenters. The predicted molar refractivity (Wildman–Crippen MR) is 90.6 cm³/mol. The molecule has 1 aliphatic heterocycles. The molecule has 5 nitrogen and oxygen atoms in total. The molecule has 6 heteroatoms. The van der Waals surface area contributed by atoms with E-state index in [0.29, 0.717) is 0 Å². The first-order valence-corrected chi connectivity index (χ1v) is 11.2. The molecule has 0 radical (unpaired) electrons. The molecule has 0 amide bonds. The summed E-state index contributed by atoms with van der Waals surface area (Å²) in [5.74, 6) is -0.609. The van der Waals surface area contributed by atoms with Crippen LogP contribution in [0.5, 0.6) is 0 Å². The maximum Gasteiger partial charge on any atom is 0.192 e. The summed E-state index contributed by atoms with van der Waals surface area (Å²) in [6, 6.07) is 0. The smallest absolute Gasteiger partial charge is 0.192 e. The summed E-state index contributed by atoms with van der Waals surface area (Å²) in [4.78, 5) is 8.62. The van der Waals surface area contributed by atoms with E-state index < -0.39 is 14.1 Å². The zero-order valence-corrected chi connectivity index (χ0v) is 16.2. The van der Waals surface area contributed by atoms with Crippen molar-refractivity contribution in [1.29, 1.82) is 0 Å². The van der Waals surface area contributed by atoms with Gasteiger partial charge in [0.15, 0.2) is 14.1 Å². The maximum atomic E-state index is 6.68. The molecule has 0 N–H and O–H groups in total. The minimum absolute atomic E-state index is 0.0231. The SMILES string of the molecule is CC1(C)O[C@@H]2[C@H](O1)c1cncnc1C[C@H]2O[Si](C)(C)C(C)(C)C. The average molecular weight is 337 g/mol. The van der Waals surface area contributed by atoms with Gasteiger partial charge in [-0.3, -0.25) is 0 Å². The van der Waals surface area contributed by atoms with Crippen LogP contribution >= 0.6 is 0 Å². The highest BCUT2D eigenvalue weighted by Gasteiger charge is 2.52. The molecule has 128 valence electrons. The predicted octanol–water partition coefficient (Wildman–Crippen LogP) is 3.62. The Morgan fingerprint density at radius 2 is 1.96 bits per heavy atom. The fourth-order valence-electron chi connectivity index (χ4n) is 3.05. The largest absolute Gasteiger partial charge is 0.411 e. The Labute approximate surface area is 139 Å². The Balaban J connectivity index is 1.93. The van der Waals surface area contributed by atoms with Crippen molar-refractivity contribution in [2.45, 2.75) is 83.3 Å². The zero-order valence-electron chi connectivity index (χ0n) is 15.2. The van der Waals surface area contributed by atoms with Gasteiger partial charge in [-0.15, -0.1) is 0 Å². The molecule has 3 atom stereocenters. The lowest BCUT2D eigenvalue weighted by molar-refractivity contribution is -0.153. The molecule has 0 aromatic carbocycles. The number of fused-ring (bicyclic) bond motifs is 3. The van der Waals surface area contributed by atoms with Gasteiger partial charge in [0.25, 0.3) is 0 Å². The lowest BCUT2D eigenvalue weighted by atomic mass is 9.90. The summed E-state index contributed by atoms with van der Waals surface area (Å²) in [7, 11) is -1.90. The molecule has 1 saturated heterocycles. The Kier molecular flexibility index (Phi) is 3.95. The molecule has 1 aromatic heterocycles. The van der Waals surface area contributed by atoms with Crippen LogP contribution in [0, 0.1) is 0 Å². The van der Waals surface area contributed by atoms with E-state index in [4.69, 9.17) is 13.9 Å². The molecule has 2 heterocycles. The second-order valence-corrected chi connectivity index (χ2v) is 13.3. The fourth-order valence-corrected chi connectivity index (χ4v) is 4.37. The van der Waals surface area contributed by atoms with Crippen molar-refractivity contribution < 1.29 is 13.9 Å². The van der Waals surface area contributed by atoms with Gasteiger partial charge in [-0.25, -0.2) is 9.97 Å². The van der Waals surface area contributed by atoms with Gasteiger partial charge in [-0.1, -0.05) is 20.8 Å². The van der Waals surface area contributed by atoms with Crippen molar-refractivity contribution in [3.05, 3.63) is 23.8 Å². The van der Waals surface area contributed by atoms with Gasteiger partial charge < -0.3 is 13.9 Å². The van der Waals surface area contributed by atoms with Crippen molar-refractivity contribution in [2.24, 2.45) is 0 Å². The monoisotopic (exact) mass is 336 g/mol. The number of nitrogens with zero attached hydrogens (tertiary/aromatic N) is 2. The van der Waals surface area contributed by atoms with Gasteiger partial charge in [0.2, 0.25) is 0 Å². The second kappa shape index (κ2) is 5.34. The Morgan fingerprint density at radius 1 is 1.26 bits per heavy atom. The molecule has 0 saturated carbocycles. The first-order chi connectivity index (χ1) is 10.5. The average Bonchev–Trinajstić information content (AvgIpc) is 2.73. The summed E-state index contributed by atoms with van der Waals surface area (Å²) in [5.41, 5.74) is 2.06. The third-order valence-corrected chi connectivity index (χ3v) is 9.78. The highest BCUT2D eigenvalue weighted by atomic mass is 28.4. The van der Waals surface area contributed by atoms with Crippen LogP contribution in [0.4, 0.5) is 0 Å². The fraction of sp³-hybridized carbons (Fsp3) is 0.765. The first-order valence-electron chi connectivity index (χ1n) is 8.32. The lowest BCUT2D eigenvalue weighted by Gasteiger charge is -2.42. The summed E-state index contributed by atoms with van der Waals surface area (Å²) in [5, 5.41) is 0.156. The normalized spacial score (nSPS) is 30.0. The van der Waals surface area contributed by atoms with E-state index in [9.17, 15) is 0 Å². The topological polar surface area (TPSA) is 53.5 Å². The Bertz CT molecular complexity index is 598. The molecule has 1 fully saturated rings. The van der Waals surface area contributed by atoms with E-state index in [0.717, 1.165) is 17.7 Å². The first kappa shape index (κ1) is 17.0. The number of ether oxygens (including phenoxy) is 2. The summed E-state index contributed by atoms with van der Waals surface area (Å²) < 4.78 is 19.0. The molecule has 0 bridgehead atoms. The van der Waals surface area contributed by atoms with Crippen LogP contribution in [-0.4, -0.2) is 36.3 Å². The zero-order chi connectivity index (χ0) is 17.0. The van der Waals surface area contributed by atoms with Gasteiger partial charge in [-0.05, 0) is 32.0 Å². The molecule has 1 aromatic rings. The van der Waals surface area contributed by atoms with E-state index in [1.807, 2.05) is 20.0 Å². The van der Waals surface area contributed by atoms with Crippen LogP contribution in [0.3, 0.4) is 0 Å². The van der Waals surface area contributed by atoms with E-state index in [1.54, 1.807) is 6.33 Å². The van der Waals surface area contributed by atoms with Crippen molar-refractivity contribution in [2.75, 3.05) is 0 Å². The van der Waals surface area contributed by atoms with Crippen molar-refractivity contribution in [1.82, 2.24) is 9.97 Å². The Morgan fingerprint density at radius 3 is 2.61 bits per heavy atom. The maximum absolute atomic E-state index is 6.68. The third kappa shape index (κ3) is 3.09.